The van der Waals surface area contributed by atoms with Gasteiger partial charge in [0.15, 0.2) is 12.2 Å². The lowest BCUT2D eigenvalue weighted by Gasteiger charge is -2.21. The SMILES string of the molecule is CCC(C)CCCCCCCCCCCCCCCCCCCCC(=O)O[C@H](COC(=O)CCCCCCCCCCCCCCCCCCCCC(C)C)COP(=O)(O)OC[C@@H](O)COP(=O)(O)OC[C@@H](COC(=O)CCCCCCCCCCC(C)CC)OC(=O)CCCCCCCCCCC(C)CC. The number of aliphatic hydroxyl groups excluding tert-OH is 1. The quantitative estimate of drug-likeness (QED) is 0.0222. The van der Waals surface area contributed by atoms with Gasteiger partial charge in [0.25, 0.3) is 0 Å². The van der Waals surface area contributed by atoms with Gasteiger partial charge >= 0.3 is 39.5 Å². The van der Waals surface area contributed by atoms with Crippen LogP contribution in [-0.2, 0) is 65.4 Å². The Morgan fingerprint density at radius 1 is 0.262 bits per heavy atom. The van der Waals surface area contributed by atoms with Crippen LogP contribution in [0.25, 0.3) is 0 Å². The van der Waals surface area contributed by atoms with Crippen LogP contribution in [0.15, 0.2) is 0 Å². The van der Waals surface area contributed by atoms with Gasteiger partial charge in [-0.05, 0) is 49.4 Å². The summed E-state index contributed by atoms with van der Waals surface area (Å²) in [5.74, 6) is 1.13. The third kappa shape index (κ3) is 77.8. The number of ether oxygens (including phenoxy) is 4. The van der Waals surface area contributed by atoms with E-state index in [9.17, 15) is 43.2 Å². The van der Waals surface area contributed by atoms with Gasteiger partial charge in [0.1, 0.15) is 19.3 Å². The number of phosphoric ester groups is 2. The Balaban J connectivity index is 5.23. The topological polar surface area (TPSA) is 237 Å². The summed E-state index contributed by atoms with van der Waals surface area (Å²) in [5, 5.41) is 10.7. The molecule has 636 valence electrons. The number of hydrogen-bond donors (Lipinski definition) is 3. The van der Waals surface area contributed by atoms with Crippen molar-refractivity contribution in [1.82, 2.24) is 0 Å². The van der Waals surface area contributed by atoms with Crippen LogP contribution in [0, 0.1) is 23.7 Å². The summed E-state index contributed by atoms with van der Waals surface area (Å²) in [4.78, 5) is 73.3. The van der Waals surface area contributed by atoms with Crippen LogP contribution in [0.1, 0.15) is 460 Å². The van der Waals surface area contributed by atoms with Gasteiger partial charge in [-0.25, -0.2) is 9.13 Å². The monoisotopic (exact) mass is 1560 g/mol. The van der Waals surface area contributed by atoms with Crippen molar-refractivity contribution < 1.29 is 80.2 Å². The minimum absolute atomic E-state index is 0.105. The molecule has 0 rings (SSSR count). The molecule has 0 bridgehead atoms. The molecule has 0 fully saturated rings. The van der Waals surface area contributed by atoms with E-state index in [0.717, 1.165) is 114 Å². The molecule has 0 aliphatic carbocycles. The smallest absolute Gasteiger partial charge is 0.462 e. The van der Waals surface area contributed by atoms with Gasteiger partial charge in [-0.3, -0.25) is 37.3 Å². The number of rotatable bonds is 85. The minimum Gasteiger partial charge on any atom is -0.462 e. The van der Waals surface area contributed by atoms with Crippen molar-refractivity contribution in [2.75, 3.05) is 39.6 Å². The van der Waals surface area contributed by atoms with Crippen molar-refractivity contribution in [2.24, 2.45) is 23.7 Å². The molecule has 0 spiro atoms. The summed E-state index contributed by atoms with van der Waals surface area (Å²) in [6.07, 6.45) is 66.7. The van der Waals surface area contributed by atoms with Gasteiger partial charge in [0.05, 0.1) is 26.4 Å². The largest absolute Gasteiger partial charge is 0.472 e. The molecule has 0 aromatic carbocycles. The van der Waals surface area contributed by atoms with Crippen LogP contribution in [0.5, 0.6) is 0 Å². The van der Waals surface area contributed by atoms with Crippen LogP contribution >= 0.6 is 15.6 Å². The number of unbranched alkanes of at least 4 members (excludes halogenated alkanes) is 48. The fourth-order valence-corrected chi connectivity index (χ4v) is 15.2. The van der Waals surface area contributed by atoms with E-state index in [0.29, 0.717) is 25.7 Å². The fraction of sp³-hybridized carbons (Fsp3) is 0.955. The molecule has 0 heterocycles. The van der Waals surface area contributed by atoms with Crippen LogP contribution in [0.3, 0.4) is 0 Å². The van der Waals surface area contributed by atoms with E-state index in [-0.39, 0.29) is 25.7 Å². The molecular formula is C88H172O17P2. The molecule has 5 unspecified atom stereocenters. The Labute approximate surface area is 658 Å². The highest BCUT2D eigenvalue weighted by atomic mass is 31.2. The standard InChI is InChI=1S/C88H172O17P2/c1-9-79(6)65-57-49-41-33-29-25-21-17-13-15-19-23-27-31-35-46-54-62-70-87(92)104-83(74-98-85(90)68-60-52-44-34-30-26-22-18-14-12-16-20-24-28-32-40-48-56-64-78(4)5)76-102-106(94,95)100-72-82(89)73-101-107(96,97)103-77-84(105-88(93)71-63-55-47-39-37-43-51-59-67-81(8)11-3)75-99-86(91)69-61-53-45-38-36-42-50-58-66-80(7)10-2/h78-84,89H,9-77H2,1-8H3,(H,94,95)(H,96,97)/t79?,80?,81?,82-,83-,84-/m1/s1. The third-order valence-corrected chi connectivity index (χ3v) is 23.6. The Kier molecular flexibility index (Phi) is 75.3. The highest BCUT2D eigenvalue weighted by Gasteiger charge is 2.31. The molecule has 0 radical (unpaired) electrons. The first kappa shape index (κ1) is 105. The van der Waals surface area contributed by atoms with E-state index in [1.807, 2.05) is 0 Å². The number of carbonyl (C=O) groups excluding carboxylic acids is 4. The predicted molar refractivity (Wildman–Crippen MR) is 441 cm³/mol. The molecule has 8 atom stereocenters. The van der Waals surface area contributed by atoms with Crippen molar-refractivity contribution in [2.45, 2.75) is 478 Å². The predicted octanol–water partition coefficient (Wildman–Crippen LogP) is 26.7. The highest BCUT2D eigenvalue weighted by molar-refractivity contribution is 7.47. The summed E-state index contributed by atoms with van der Waals surface area (Å²) in [7, 11) is -9.93. The Bertz CT molecular complexity index is 2080. The lowest BCUT2D eigenvalue weighted by Crippen LogP contribution is -2.30. The zero-order valence-electron chi connectivity index (χ0n) is 70.8. The Morgan fingerprint density at radius 2 is 0.449 bits per heavy atom. The maximum atomic E-state index is 13.2. The van der Waals surface area contributed by atoms with Crippen molar-refractivity contribution in [1.29, 1.82) is 0 Å². The lowest BCUT2D eigenvalue weighted by atomic mass is 9.99. The van der Waals surface area contributed by atoms with Gasteiger partial charge in [0.2, 0.25) is 0 Å². The number of carbonyl (C=O) groups is 4. The molecule has 0 saturated carbocycles. The first-order valence-corrected chi connectivity index (χ1v) is 48.3. The van der Waals surface area contributed by atoms with Crippen molar-refractivity contribution in [3.63, 3.8) is 0 Å². The van der Waals surface area contributed by atoms with Crippen molar-refractivity contribution in [3.8, 4) is 0 Å². The number of hydrogen-bond acceptors (Lipinski definition) is 15. The number of esters is 4. The highest BCUT2D eigenvalue weighted by Crippen LogP contribution is 2.45. The first-order valence-electron chi connectivity index (χ1n) is 45.3. The molecule has 19 heteroatoms. The summed E-state index contributed by atoms with van der Waals surface area (Å²) >= 11 is 0. The molecule has 107 heavy (non-hydrogen) atoms. The molecule has 0 aromatic heterocycles. The Morgan fingerprint density at radius 3 is 0.664 bits per heavy atom. The molecule has 0 aromatic rings. The van der Waals surface area contributed by atoms with Crippen molar-refractivity contribution in [3.05, 3.63) is 0 Å². The summed E-state index contributed by atoms with van der Waals surface area (Å²) in [6, 6.07) is 0. The molecule has 0 amide bonds. The average Bonchev–Trinajstić information content (AvgIpc) is 0.901. The number of phosphoric acid groups is 2. The summed E-state index contributed by atoms with van der Waals surface area (Å²) in [5.41, 5.74) is 0. The summed E-state index contributed by atoms with van der Waals surface area (Å²) in [6.45, 7) is 14.4. The van der Waals surface area contributed by atoms with Gasteiger partial charge in [-0.1, -0.05) is 409 Å². The van der Waals surface area contributed by atoms with Gasteiger partial charge in [-0.2, -0.15) is 0 Å². The second-order valence-corrected chi connectivity index (χ2v) is 35.7. The maximum absolute atomic E-state index is 13.2. The lowest BCUT2D eigenvalue weighted by molar-refractivity contribution is -0.161. The molecule has 3 N–H and O–H groups in total. The third-order valence-electron chi connectivity index (χ3n) is 21.7. The minimum atomic E-state index is -4.97. The second kappa shape index (κ2) is 76.7. The van der Waals surface area contributed by atoms with E-state index in [2.05, 4.69) is 55.4 Å². The molecular weight excluding hydrogens is 1390 g/mol. The van der Waals surface area contributed by atoms with E-state index in [4.69, 9.17) is 37.0 Å². The number of aliphatic hydroxyl groups is 1. The van der Waals surface area contributed by atoms with Gasteiger partial charge in [-0.15, -0.1) is 0 Å². The van der Waals surface area contributed by atoms with E-state index >= 15 is 0 Å². The van der Waals surface area contributed by atoms with Crippen molar-refractivity contribution >= 4 is 39.5 Å². The average molecular weight is 1560 g/mol. The van der Waals surface area contributed by atoms with Gasteiger partial charge < -0.3 is 33.8 Å². The van der Waals surface area contributed by atoms with Crippen LogP contribution < -0.4 is 0 Å². The zero-order chi connectivity index (χ0) is 78.8. The van der Waals surface area contributed by atoms with E-state index < -0.39 is 97.5 Å². The summed E-state index contributed by atoms with van der Waals surface area (Å²) < 4.78 is 68.9. The van der Waals surface area contributed by atoms with Gasteiger partial charge in [0, 0.05) is 25.7 Å². The van der Waals surface area contributed by atoms with Crippen LogP contribution in [-0.4, -0.2) is 96.7 Å². The Hall–Kier alpha value is -1.94. The molecule has 17 nitrogen and oxygen atoms in total. The second-order valence-electron chi connectivity index (χ2n) is 32.8. The fourth-order valence-electron chi connectivity index (χ4n) is 13.6. The van der Waals surface area contributed by atoms with Crippen LogP contribution in [0.4, 0.5) is 0 Å². The molecule has 0 saturated heterocycles. The maximum Gasteiger partial charge on any atom is 0.472 e. The normalized spacial score (nSPS) is 14.7. The van der Waals surface area contributed by atoms with E-state index in [1.165, 1.54) is 263 Å². The zero-order valence-corrected chi connectivity index (χ0v) is 72.6. The molecule has 0 aliphatic heterocycles. The van der Waals surface area contributed by atoms with E-state index in [1.54, 1.807) is 0 Å². The van der Waals surface area contributed by atoms with Crippen LogP contribution in [0.2, 0.25) is 0 Å². The molecule has 0 aliphatic rings. The first-order chi connectivity index (χ1) is 51.7.